The monoisotopic (exact) mass is 265 g/mol. The van der Waals surface area contributed by atoms with Gasteiger partial charge in [-0.25, -0.2) is 18.9 Å². The van der Waals surface area contributed by atoms with Crippen LogP contribution in [0.3, 0.4) is 0 Å². The molecule has 0 radical (unpaired) electrons. The molecule has 0 saturated carbocycles. The van der Waals surface area contributed by atoms with Crippen LogP contribution in [-0.4, -0.2) is 36.3 Å². The number of fused-ring (bicyclic) bond motifs is 1. The second kappa shape index (κ2) is 5.09. The Balaban J connectivity index is 2.52. The van der Waals surface area contributed by atoms with Crippen molar-refractivity contribution in [1.82, 2.24) is 19.2 Å². The molecule has 0 aromatic carbocycles. The highest BCUT2D eigenvalue weighted by atomic mass is 16.4. The second-order valence-electron chi connectivity index (χ2n) is 4.25. The summed E-state index contributed by atoms with van der Waals surface area (Å²) in [7, 11) is 0. The average Bonchev–Trinajstić information content (AvgIpc) is 2.66. The van der Waals surface area contributed by atoms with Gasteiger partial charge in [0.25, 0.3) is 0 Å². The van der Waals surface area contributed by atoms with E-state index in [0.29, 0.717) is 11.6 Å². The van der Waals surface area contributed by atoms with Crippen LogP contribution in [0.5, 0.6) is 0 Å². The molecule has 0 aliphatic carbocycles. The van der Waals surface area contributed by atoms with Crippen molar-refractivity contribution >= 4 is 17.6 Å². The van der Waals surface area contributed by atoms with Gasteiger partial charge in [0.1, 0.15) is 6.54 Å². The molecule has 0 unspecified atom stereocenters. The van der Waals surface area contributed by atoms with Crippen molar-refractivity contribution < 1.29 is 9.90 Å². The minimum atomic E-state index is -1.12. The maximum Gasteiger partial charge on any atom is 0.353 e. The van der Waals surface area contributed by atoms with Crippen LogP contribution in [0.15, 0.2) is 17.1 Å². The molecular weight excluding hydrogens is 250 g/mol. The van der Waals surface area contributed by atoms with Crippen LogP contribution >= 0.6 is 0 Å². The van der Waals surface area contributed by atoms with Gasteiger partial charge in [-0.3, -0.25) is 4.79 Å². The lowest BCUT2D eigenvalue weighted by Gasteiger charge is -2.12. The van der Waals surface area contributed by atoms with Crippen LogP contribution in [0.2, 0.25) is 0 Å². The van der Waals surface area contributed by atoms with Gasteiger partial charge < -0.3 is 10.4 Å². The Bertz CT molecular complexity index is 660. The van der Waals surface area contributed by atoms with E-state index in [1.54, 1.807) is 6.07 Å². The first kappa shape index (κ1) is 13.1. The molecule has 2 aromatic rings. The van der Waals surface area contributed by atoms with Crippen molar-refractivity contribution in [2.24, 2.45) is 0 Å². The van der Waals surface area contributed by atoms with Crippen molar-refractivity contribution in [2.75, 3.05) is 5.32 Å². The number of aliphatic carboxylic acids is 1. The molecule has 0 bridgehead atoms. The molecule has 0 aliphatic rings. The number of aromatic nitrogens is 4. The number of hydrogen-bond acceptors (Lipinski definition) is 5. The lowest BCUT2D eigenvalue weighted by atomic mass is 10.3. The molecule has 0 spiro atoms. The Morgan fingerprint density at radius 3 is 2.95 bits per heavy atom. The molecule has 102 valence electrons. The molecule has 2 rings (SSSR count). The first-order valence-electron chi connectivity index (χ1n) is 5.95. The first-order valence-corrected chi connectivity index (χ1v) is 5.95. The van der Waals surface area contributed by atoms with E-state index >= 15 is 0 Å². The standard InChI is InChI=1S/C11H15N5O3/c1-3-7(2)13-10-12-5-4-8-14-15(6-9(17)18)11(19)16(8)10/h4-5,7H,3,6H2,1-2H3,(H,12,13)(H,17,18)/t7-/m0/s1. The minimum Gasteiger partial charge on any atom is -0.480 e. The maximum atomic E-state index is 12.1. The summed E-state index contributed by atoms with van der Waals surface area (Å²) in [5.41, 5.74) is -0.150. The van der Waals surface area contributed by atoms with Crippen LogP contribution < -0.4 is 11.0 Å². The topological polar surface area (TPSA) is 102 Å². The van der Waals surface area contributed by atoms with Gasteiger partial charge in [0.05, 0.1) is 0 Å². The fraction of sp³-hybridized carbons (Fsp3) is 0.455. The smallest absolute Gasteiger partial charge is 0.353 e. The summed E-state index contributed by atoms with van der Waals surface area (Å²) < 4.78 is 2.18. The molecule has 2 heterocycles. The van der Waals surface area contributed by atoms with Gasteiger partial charge in [0.2, 0.25) is 5.95 Å². The molecule has 0 fully saturated rings. The average molecular weight is 265 g/mol. The van der Waals surface area contributed by atoms with E-state index in [1.165, 1.54) is 10.6 Å². The molecular formula is C11H15N5O3. The summed E-state index contributed by atoms with van der Waals surface area (Å²) in [6, 6.07) is 1.70. The van der Waals surface area contributed by atoms with Gasteiger partial charge >= 0.3 is 11.7 Å². The third-order valence-electron chi connectivity index (χ3n) is 2.77. The van der Waals surface area contributed by atoms with Crippen LogP contribution in [0.1, 0.15) is 20.3 Å². The van der Waals surface area contributed by atoms with Crippen LogP contribution in [0, 0.1) is 0 Å². The summed E-state index contributed by atoms with van der Waals surface area (Å²) in [6.45, 7) is 3.50. The number of anilines is 1. The van der Waals surface area contributed by atoms with E-state index in [2.05, 4.69) is 15.4 Å². The highest BCUT2D eigenvalue weighted by Gasteiger charge is 2.14. The molecule has 19 heavy (non-hydrogen) atoms. The van der Waals surface area contributed by atoms with E-state index in [-0.39, 0.29) is 6.04 Å². The van der Waals surface area contributed by atoms with Crippen molar-refractivity contribution in [3.8, 4) is 0 Å². The summed E-state index contributed by atoms with van der Waals surface area (Å²) in [5, 5.41) is 15.8. The zero-order valence-corrected chi connectivity index (χ0v) is 10.7. The number of nitrogens with one attached hydrogen (secondary N) is 1. The number of carbonyl (C=O) groups is 1. The Morgan fingerprint density at radius 1 is 1.58 bits per heavy atom. The van der Waals surface area contributed by atoms with Gasteiger partial charge in [-0.2, -0.15) is 0 Å². The number of rotatable bonds is 5. The number of carboxylic acid groups (broad SMARTS) is 1. The number of nitrogens with zero attached hydrogens (tertiary/aromatic N) is 4. The molecule has 8 heteroatoms. The first-order chi connectivity index (χ1) is 9.02. The minimum absolute atomic E-state index is 0.146. The third-order valence-corrected chi connectivity index (χ3v) is 2.77. The fourth-order valence-corrected chi connectivity index (χ4v) is 1.62. The fourth-order valence-electron chi connectivity index (χ4n) is 1.62. The Labute approximate surface area is 108 Å². The van der Waals surface area contributed by atoms with Gasteiger partial charge in [-0.05, 0) is 13.3 Å². The second-order valence-corrected chi connectivity index (χ2v) is 4.25. The highest BCUT2D eigenvalue weighted by Crippen LogP contribution is 2.07. The predicted octanol–water partition coefficient (Wildman–Crippen LogP) is 0.186. The quantitative estimate of drug-likeness (QED) is 0.800. The molecule has 0 saturated heterocycles. The van der Waals surface area contributed by atoms with E-state index in [9.17, 15) is 9.59 Å². The van der Waals surface area contributed by atoms with E-state index in [0.717, 1.165) is 11.1 Å². The van der Waals surface area contributed by atoms with Crippen LogP contribution in [-0.2, 0) is 11.3 Å². The number of hydrogen-bond donors (Lipinski definition) is 2. The highest BCUT2D eigenvalue weighted by molar-refractivity contribution is 5.66. The van der Waals surface area contributed by atoms with Crippen molar-refractivity contribution in [2.45, 2.75) is 32.9 Å². The normalized spacial score (nSPS) is 12.5. The summed E-state index contributed by atoms with van der Waals surface area (Å²) in [6.07, 6.45) is 2.40. The lowest BCUT2D eigenvalue weighted by Crippen LogP contribution is -2.27. The van der Waals surface area contributed by atoms with Crippen LogP contribution in [0.25, 0.3) is 5.65 Å². The maximum absolute atomic E-state index is 12.1. The molecule has 8 nitrogen and oxygen atoms in total. The van der Waals surface area contributed by atoms with E-state index in [1.807, 2.05) is 13.8 Å². The molecule has 1 atom stereocenters. The summed E-state index contributed by atoms with van der Waals surface area (Å²) >= 11 is 0. The predicted molar refractivity (Wildman–Crippen MR) is 68.3 cm³/mol. The van der Waals surface area contributed by atoms with Crippen molar-refractivity contribution in [1.29, 1.82) is 0 Å². The van der Waals surface area contributed by atoms with Gasteiger partial charge in [0.15, 0.2) is 5.65 Å². The SMILES string of the molecule is CC[C@H](C)Nc1nccc2nn(CC(=O)O)c(=O)n12. The van der Waals surface area contributed by atoms with Gasteiger partial charge in [-0.15, -0.1) is 5.10 Å². The largest absolute Gasteiger partial charge is 0.480 e. The van der Waals surface area contributed by atoms with Crippen molar-refractivity contribution in [3.63, 3.8) is 0 Å². The molecule has 0 amide bonds. The Kier molecular flexibility index (Phi) is 3.50. The molecule has 0 aliphatic heterocycles. The van der Waals surface area contributed by atoms with Gasteiger partial charge in [0, 0.05) is 18.3 Å². The third kappa shape index (κ3) is 2.56. The number of carboxylic acids is 1. The molecule has 2 N–H and O–H groups in total. The Morgan fingerprint density at radius 2 is 2.32 bits per heavy atom. The van der Waals surface area contributed by atoms with Gasteiger partial charge in [-0.1, -0.05) is 6.92 Å². The summed E-state index contributed by atoms with van der Waals surface area (Å²) in [4.78, 5) is 26.8. The zero-order valence-electron chi connectivity index (χ0n) is 10.7. The van der Waals surface area contributed by atoms with Crippen molar-refractivity contribution in [3.05, 3.63) is 22.7 Å². The Hall–Kier alpha value is -2.38. The van der Waals surface area contributed by atoms with E-state index < -0.39 is 18.2 Å². The summed E-state index contributed by atoms with van der Waals surface area (Å²) in [5.74, 6) is -0.747. The zero-order chi connectivity index (χ0) is 14.0. The van der Waals surface area contributed by atoms with E-state index in [4.69, 9.17) is 5.11 Å². The lowest BCUT2D eigenvalue weighted by molar-refractivity contribution is -0.137. The molecule has 2 aromatic heterocycles. The van der Waals surface area contributed by atoms with Crippen LogP contribution in [0.4, 0.5) is 5.95 Å².